The van der Waals surface area contributed by atoms with Gasteiger partial charge in [0.15, 0.2) is 0 Å². The lowest BCUT2D eigenvalue weighted by molar-refractivity contribution is 0.0197. The molecule has 1 N–H and O–H groups in total. The molecule has 150 valence electrons. The SMILES string of the molecule is CC(C)(C)OC(=O)N1CCC(C=CCC(O)COCc2ccccc2)CC1. The Hall–Kier alpha value is -1.85. The summed E-state index contributed by atoms with van der Waals surface area (Å²) in [6.45, 7) is 7.93. The second-order valence-corrected chi connectivity index (χ2v) is 8.12. The molecule has 1 amide bonds. The first-order valence-corrected chi connectivity index (χ1v) is 9.78. The molecule has 1 heterocycles. The Balaban J connectivity index is 1.60. The van der Waals surface area contributed by atoms with E-state index in [1.807, 2.05) is 57.2 Å². The summed E-state index contributed by atoms with van der Waals surface area (Å²) in [5.41, 5.74) is 0.656. The topological polar surface area (TPSA) is 59.0 Å². The van der Waals surface area contributed by atoms with Crippen LogP contribution in [-0.4, -0.2) is 47.5 Å². The fourth-order valence-corrected chi connectivity index (χ4v) is 2.98. The largest absolute Gasteiger partial charge is 0.444 e. The summed E-state index contributed by atoms with van der Waals surface area (Å²) in [5.74, 6) is 0.445. The van der Waals surface area contributed by atoms with Crippen LogP contribution in [0.3, 0.4) is 0 Å². The molecule has 0 aromatic heterocycles. The van der Waals surface area contributed by atoms with E-state index in [1.165, 1.54) is 0 Å². The zero-order chi connectivity index (χ0) is 19.7. The molecule has 5 heteroatoms. The first-order chi connectivity index (χ1) is 12.8. The monoisotopic (exact) mass is 375 g/mol. The highest BCUT2D eigenvalue weighted by Crippen LogP contribution is 2.21. The van der Waals surface area contributed by atoms with E-state index >= 15 is 0 Å². The number of carbonyl (C=O) groups is 1. The number of nitrogens with zero attached hydrogens (tertiary/aromatic N) is 1. The normalized spacial score (nSPS) is 17.3. The zero-order valence-electron chi connectivity index (χ0n) is 16.8. The summed E-state index contributed by atoms with van der Waals surface area (Å²) in [7, 11) is 0. The quantitative estimate of drug-likeness (QED) is 0.727. The average Bonchev–Trinajstić information content (AvgIpc) is 2.62. The third kappa shape index (κ3) is 8.59. The molecule has 0 bridgehead atoms. The van der Waals surface area contributed by atoms with E-state index in [-0.39, 0.29) is 6.09 Å². The summed E-state index contributed by atoms with van der Waals surface area (Å²) in [6.07, 6.45) is 5.91. The van der Waals surface area contributed by atoms with Crippen LogP contribution < -0.4 is 0 Å². The second kappa shape index (κ2) is 10.5. The lowest BCUT2D eigenvalue weighted by Crippen LogP contribution is -2.41. The van der Waals surface area contributed by atoms with Crippen LogP contribution in [0.15, 0.2) is 42.5 Å². The number of aliphatic hydroxyl groups is 1. The molecule has 0 radical (unpaired) electrons. The predicted octanol–water partition coefficient (Wildman–Crippen LogP) is 4.16. The van der Waals surface area contributed by atoms with E-state index in [0.717, 1.165) is 18.4 Å². The van der Waals surface area contributed by atoms with Gasteiger partial charge in [0.2, 0.25) is 0 Å². The van der Waals surface area contributed by atoms with Gasteiger partial charge in [-0.1, -0.05) is 42.5 Å². The fraction of sp³-hybridized carbons (Fsp3) is 0.591. The molecule has 1 aromatic carbocycles. The number of allylic oxidation sites excluding steroid dienone is 1. The maximum atomic E-state index is 12.1. The third-order valence-electron chi connectivity index (χ3n) is 4.43. The molecular weight excluding hydrogens is 342 g/mol. The number of ether oxygens (including phenoxy) is 2. The van der Waals surface area contributed by atoms with Crippen molar-refractivity contribution in [2.24, 2.45) is 5.92 Å². The average molecular weight is 376 g/mol. The number of amides is 1. The Morgan fingerprint density at radius 1 is 1.26 bits per heavy atom. The first-order valence-electron chi connectivity index (χ1n) is 9.78. The minimum absolute atomic E-state index is 0.226. The predicted molar refractivity (Wildman–Crippen MR) is 106 cm³/mol. The van der Waals surface area contributed by atoms with Crippen molar-refractivity contribution < 1.29 is 19.4 Å². The van der Waals surface area contributed by atoms with E-state index in [0.29, 0.717) is 38.6 Å². The molecule has 2 rings (SSSR count). The van der Waals surface area contributed by atoms with Crippen LogP contribution in [0.25, 0.3) is 0 Å². The van der Waals surface area contributed by atoms with Crippen molar-refractivity contribution in [1.82, 2.24) is 4.90 Å². The lowest BCUT2D eigenvalue weighted by atomic mass is 9.96. The molecule has 1 fully saturated rings. The summed E-state index contributed by atoms with van der Waals surface area (Å²) in [6, 6.07) is 9.95. The van der Waals surface area contributed by atoms with Crippen molar-refractivity contribution in [2.45, 2.75) is 58.3 Å². The highest BCUT2D eigenvalue weighted by molar-refractivity contribution is 5.68. The van der Waals surface area contributed by atoms with Gasteiger partial charge < -0.3 is 19.5 Å². The minimum Gasteiger partial charge on any atom is -0.444 e. The van der Waals surface area contributed by atoms with Crippen molar-refractivity contribution in [3.8, 4) is 0 Å². The van der Waals surface area contributed by atoms with E-state index in [2.05, 4.69) is 6.08 Å². The molecule has 0 aliphatic carbocycles. The molecular formula is C22H33NO4. The van der Waals surface area contributed by atoms with Gasteiger partial charge in [0.1, 0.15) is 5.60 Å². The maximum Gasteiger partial charge on any atom is 0.410 e. The fourth-order valence-electron chi connectivity index (χ4n) is 2.98. The lowest BCUT2D eigenvalue weighted by Gasteiger charge is -2.32. The van der Waals surface area contributed by atoms with Crippen molar-refractivity contribution in [1.29, 1.82) is 0 Å². The Labute approximate surface area is 163 Å². The van der Waals surface area contributed by atoms with Gasteiger partial charge in [0.25, 0.3) is 0 Å². The van der Waals surface area contributed by atoms with Crippen molar-refractivity contribution in [2.75, 3.05) is 19.7 Å². The number of piperidine rings is 1. The van der Waals surface area contributed by atoms with Gasteiger partial charge in [-0.15, -0.1) is 0 Å². The molecule has 0 saturated carbocycles. The van der Waals surface area contributed by atoms with Gasteiger partial charge in [-0.05, 0) is 51.5 Å². The molecule has 0 spiro atoms. The van der Waals surface area contributed by atoms with Gasteiger partial charge in [-0.25, -0.2) is 4.79 Å². The summed E-state index contributed by atoms with van der Waals surface area (Å²) < 4.78 is 11.0. The van der Waals surface area contributed by atoms with Gasteiger partial charge >= 0.3 is 6.09 Å². The Morgan fingerprint density at radius 3 is 2.56 bits per heavy atom. The van der Waals surface area contributed by atoms with Crippen LogP contribution in [0.2, 0.25) is 0 Å². The van der Waals surface area contributed by atoms with Gasteiger partial charge in [-0.3, -0.25) is 0 Å². The summed E-state index contributed by atoms with van der Waals surface area (Å²) in [5, 5.41) is 10.0. The molecule has 1 saturated heterocycles. The standard InChI is InChI=1S/C22H33NO4/c1-22(2,3)27-21(25)23-14-12-18(13-15-23)10-7-11-20(24)17-26-16-19-8-5-4-6-9-19/h4-10,18,20,24H,11-17H2,1-3H3. The maximum absolute atomic E-state index is 12.1. The van der Waals surface area contributed by atoms with Crippen molar-refractivity contribution >= 4 is 6.09 Å². The molecule has 1 atom stereocenters. The highest BCUT2D eigenvalue weighted by Gasteiger charge is 2.25. The molecule has 1 aliphatic heterocycles. The minimum atomic E-state index is -0.494. The van der Waals surface area contributed by atoms with Crippen LogP contribution in [0.1, 0.15) is 45.6 Å². The second-order valence-electron chi connectivity index (χ2n) is 8.12. The number of hydrogen-bond donors (Lipinski definition) is 1. The highest BCUT2D eigenvalue weighted by atomic mass is 16.6. The Bertz CT molecular complexity index is 586. The van der Waals surface area contributed by atoms with Crippen LogP contribution in [0.5, 0.6) is 0 Å². The molecule has 1 aliphatic rings. The molecule has 27 heavy (non-hydrogen) atoms. The smallest absolute Gasteiger partial charge is 0.410 e. The van der Waals surface area contributed by atoms with Crippen LogP contribution in [0, 0.1) is 5.92 Å². The summed E-state index contributed by atoms with van der Waals surface area (Å²) >= 11 is 0. The number of aliphatic hydroxyl groups excluding tert-OH is 1. The summed E-state index contributed by atoms with van der Waals surface area (Å²) in [4.78, 5) is 13.8. The van der Waals surface area contributed by atoms with Crippen LogP contribution in [0.4, 0.5) is 4.79 Å². The van der Waals surface area contributed by atoms with E-state index < -0.39 is 11.7 Å². The van der Waals surface area contributed by atoms with E-state index in [1.54, 1.807) is 4.90 Å². The van der Waals surface area contributed by atoms with Crippen molar-refractivity contribution in [3.63, 3.8) is 0 Å². The number of rotatable bonds is 7. The van der Waals surface area contributed by atoms with Gasteiger partial charge in [-0.2, -0.15) is 0 Å². The number of hydrogen-bond acceptors (Lipinski definition) is 4. The Morgan fingerprint density at radius 2 is 1.93 bits per heavy atom. The number of benzene rings is 1. The molecule has 5 nitrogen and oxygen atoms in total. The zero-order valence-corrected chi connectivity index (χ0v) is 16.8. The number of likely N-dealkylation sites (tertiary alicyclic amines) is 1. The van der Waals surface area contributed by atoms with E-state index in [9.17, 15) is 9.90 Å². The Kier molecular flexibility index (Phi) is 8.32. The third-order valence-corrected chi connectivity index (χ3v) is 4.43. The van der Waals surface area contributed by atoms with Gasteiger partial charge in [0.05, 0.1) is 19.3 Å². The number of carbonyl (C=O) groups excluding carboxylic acids is 1. The first kappa shape index (κ1) is 21.5. The van der Waals surface area contributed by atoms with E-state index in [4.69, 9.17) is 9.47 Å². The van der Waals surface area contributed by atoms with Gasteiger partial charge in [0, 0.05) is 13.1 Å². The molecule has 1 unspecified atom stereocenters. The van der Waals surface area contributed by atoms with Crippen LogP contribution in [-0.2, 0) is 16.1 Å². The van der Waals surface area contributed by atoms with Crippen molar-refractivity contribution in [3.05, 3.63) is 48.0 Å². The molecule has 1 aromatic rings. The van der Waals surface area contributed by atoms with Crippen LogP contribution >= 0.6 is 0 Å².